The minimum Gasteiger partial charge on any atom is -0.497 e. The smallest absolute Gasteiger partial charge is 0.239 e. The van der Waals surface area contributed by atoms with E-state index in [1.165, 1.54) is 4.31 Å². The van der Waals surface area contributed by atoms with Crippen LogP contribution in [0.2, 0.25) is 0 Å². The first-order valence-electron chi connectivity index (χ1n) is 9.54. The van der Waals surface area contributed by atoms with Crippen molar-refractivity contribution in [2.45, 2.75) is 45.2 Å². The summed E-state index contributed by atoms with van der Waals surface area (Å²) in [5.41, 5.74) is 0.907. The SMILES string of the molecule is CCCS(=O)(=O)N1CCCCC1C(=O)NCC(=O)NCc1ccc(OC)cc1. The Morgan fingerprint density at radius 1 is 1.18 bits per heavy atom. The molecule has 0 aromatic heterocycles. The second-order valence-corrected chi connectivity index (χ2v) is 8.82. The van der Waals surface area contributed by atoms with Gasteiger partial charge in [-0.1, -0.05) is 25.5 Å². The Balaban J connectivity index is 1.84. The number of sulfonamides is 1. The first-order valence-corrected chi connectivity index (χ1v) is 11.1. The molecule has 1 aliphatic rings. The van der Waals surface area contributed by atoms with Gasteiger partial charge in [0.15, 0.2) is 0 Å². The minimum absolute atomic E-state index is 0.0269. The van der Waals surface area contributed by atoms with Crippen LogP contribution in [0.5, 0.6) is 5.75 Å². The summed E-state index contributed by atoms with van der Waals surface area (Å²) in [5, 5.41) is 5.30. The highest BCUT2D eigenvalue weighted by Crippen LogP contribution is 2.21. The number of carbonyl (C=O) groups excluding carboxylic acids is 2. The molecule has 0 aliphatic carbocycles. The summed E-state index contributed by atoms with van der Waals surface area (Å²) in [7, 11) is -1.87. The zero-order valence-electron chi connectivity index (χ0n) is 16.4. The summed E-state index contributed by atoms with van der Waals surface area (Å²) >= 11 is 0. The van der Waals surface area contributed by atoms with Crippen molar-refractivity contribution in [3.8, 4) is 5.75 Å². The topological polar surface area (TPSA) is 105 Å². The van der Waals surface area contributed by atoms with Gasteiger partial charge >= 0.3 is 0 Å². The molecule has 28 heavy (non-hydrogen) atoms. The van der Waals surface area contributed by atoms with E-state index in [0.29, 0.717) is 25.9 Å². The fourth-order valence-corrected chi connectivity index (χ4v) is 4.91. The predicted molar refractivity (Wildman–Crippen MR) is 106 cm³/mol. The molecule has 0 bridgehead atoms. The Morgan fingerprint density at radius 2 is 1.89 bits per heavy atom. The molecular formula is C19H29N3O5S. The van der Waals surface area contributed by atoms with Crippen LogP contribution in [0.3, 0.4) is 0 Å². The molecule has 1 heterocycles. The fourth-order valence-electron chi connectivity index (χ4n) is 3.17. The van der Waals surface area contributed by atoms with Crippen LogP contribution in [0.25, 0.3) is 0 Å². The summed E-state index contributed by atoms with van der Waals surface area (Å²) in [6, 6.07) is 6.56. The van der Waals surface area contributed by atoms with Crippen molar-refractivity contribution in [1.29, 1.82) is 0 Å². The van der Waals surface area contributed by atoms with Crippen LogP contribution in [-0.4, -0.2) is 56.5 Å². The summed E-state index contributed by atoms with van der Waals surface area (Å²) in [5.74, 6) is 0.0124. The molecule has 9 heteroatoms. The molecule has 2 amide bonds. The molecule has 8 nitrogen and oxygen atoms in total. The van der Waals surface area contributed by atoms with Crippen molar-refractivity contribution in [2.75, 3.05) is 26.0 Å². The maximum atomic E-state index is 12.5. The first kappa shape index (κ1) is 22.2. The van der Waals surface area contributed by atoms with Crippen LogP contribution in [0.4, 0.5) is 0 Å². The maximum absolute atomic E-state index is 12.5. The van der Waals surface area contributed by atoms with Crippen LogP contribution < -0.4 is 15.4 Å². The van der Waals surface area contributed by atoms with Gasteiger partial charge in [-0.05, 0) is 37.0 Å². The molecule has 2 N–H and O–H groups in total. The maximum Gasteiger partial charge on any atom is 0.239 e. The Hall–Kier alpha value is -2.13. The van der Waals surface area contributed by atoms with Crippen molar-refractivity contribution in [3.63, 3.8) is 0 Å². The molecule has 1 aromatic rings. The average molecular weight is 412 g/mol. The van der Waals surface area contributed by atoms with E-state index in [2.05, 4.69) is 10.6 Å². The summed E-state index contributed by atoms with van der Waals surface area (Å²) in [6.07, 6.45) is 2.51. The molecule has 1 aromatic carbocycles. The van der Waals surface area contributed by atoms with Gasteiger partial charge in [0, 0.05) is 13.1 Å². The number of rotatable bonds is 9. The molecule has 1 fully saturated rings. The van der Waals surface area contributed by atoms with E-state index in [1.807, 2.05) is 12.1 Å². The van der Waals surface area contributed by atoms with E-state index < -0.39 is 22.0 Å². The number of nitrogens with one attached hydrogen (secondary N) is 2. The van der Waals surface area contributed by atoms with E-state index in [1.54, 1.807) is 26.2 Å². The van der Waals surface area contributed by atoms with Crippen LogP contribution in [0.15, 0.2) is 24.3 Å². The third-order valence-electron chi connectivity index (χ3n) is 4.65. The largest absolute Gasteiger partial charge is 0.497 e. The molecule has 0 saturated carbocycles. The highest BCUT2D eigenvalue weighted by molar-refractivity contribution is 7.89. The Morgan fingerprint density at radius 3 is 2.54 bits per heavy atom. The minimum atomic E-state index is -3.46. The second-order valence-electron chi connectivity index (χ2n) is 6.78. The number of amides is 2. The Labute approximate surface area is 166 Å². The molecule has 1 aliphatic heterocycles. The molecule has 2 rings (SSSR count). The second kappa shape index (κ2) is 10.4. The van der Waals surface area contributed by atoms with Gasteiger partial charge in [0.25, 0.3) is 0 Å². The van der Waals surface area contributed by atoms with Crippen LogP contribution in [0.1, 0.15) is 38.2 Å². The van der Waals surface area contributed by atoms with E-state index in [-0.39, 0.29) is 18.2 Å². The van der Waals surface area contributed by atoms with Gasteiger partial charge in [-0.3, -0.25) is 9.59 Å². The average Bonchev–Trinajstić information content (AvgIpc) is 2.70. The van der Waals surface area contributed by atoms with Gasteiger partial charge in [0.1, 0.15) is 11.8 Å². The first-order chi connectivity index (χ1) is 13.4. The highest BCUT2D eigenvalue weighted by Gasteiger charge is 2.36. The Kier molecular flexibility index (Phi) is 8.25. The van der Waals surface area contributed by atoms with Crippen LogP contribution >= 0.6 is 0 Å². The number of benzene rings is 1. The normalized spacial score (nSPS) is 17.7. The number of ether oxygens (including phenoxy) is 1. The summed E-state index contributed by atoms with van der Waals surface area (Å²) in [4.78, 5) is 24.5. The number of hydrogen-bond acceptors (Lipinski definition) is 5. The van der Waals surface area contributed by atoms with Crippen molar-refractivity contribution >= 4 is 21.8 Å². The van der Waals surface area contributed by atoms with Crippen molar-refractivity contribution in [1.82, 2.24) is 14.9 Å². The lowest BCUT2D eigenvalue weighted by Crippen LogP contribution is -2.53. The van der Waals surface area contributed by atoms with Gasteiger partial charge in [0.2, 0.25) is 21.8 Å². The number of methoxy groups -OCH3 is 1. The Bertz CT molecular complexity index is 764. The van der Waals surface area contributed by atoms with E-state index >= 15 is 0 Å². The summed E-state index contributed by atoms with van der Waals surface area (Å²) < 4.78 is 31.2. The number of nitrogens with zero attached hydrogens (tertiary/aromatic N) is 1. The number of piperidine rings is 1. The lowest BCUT2D eigenvalue weighted by molar-refractivity contribution is -0.129. The van der Waals surface area contributed by atoms with Crippen LogP contribution in [-0.2, 0) is 26.2 Å². The van der Waals surface area contributed by atoms with Crippen LogP contribution in [0, 0.1) is 0 Å². The third kappa shape index (κ3) is 6.20. The molecule has 0 spiro atoms. The van der Waals surface area contributed by atoms with E-state index in [4.69, 9.17) is 4.74 Å². The van der Waals surface area contributed by atoms with Gasteiger partial charge in [-0.2, -0.15) is 4.31 Å². The van der Waals surface area contributed by atoms with Crippen molar-refractivity contribution < 1.29 is 22.7 Å². The zero-order valence-corrected chi connectivity index (χ0v) is 17.3. The lowest BCUT2D eigenvalue weighted by Gasteiger charge is -2.33. The predicted octanol–water partition coefficient (Wildman–Crippen LogP) is 1.02. The molecular weight excluding hydrogens is 382 g/mol. The molecule has 1 unspecified atom stereocenters. The number of hydrogen-bond donors (Lipinski definition) is 2. The molecule has 156 valence electrons. The summed E-state index contributed by atoms with van der Waals surface area (Å²) in [6.45, 7) is 2.29. The zero-order chi connectivity index (χ0) is 20.6. The van der Waals surface area contributed by atoms with E-state index in [9.17, 15) is 18.0 Å². The monoisotopic (exact) mass is 411 g/mol. The van der Waals surface area contributed by atoms with E-state index in [0.717, 1.165) is 24.2 Å². The quantitative estimate of drug-likeness (QED) is 0.631. The highest BCUT2D eigenvalue weighted by atomic mass is 32.2. The van der Waals surface area contributed by atoms with Crippen molar-refractivity contribution in [3.05, 3.63) is 29.8 Å². The van der Waals surface area contributed by atoms with Crippen molar-refractivity contribution in [2.24, 2.45) is 0 Å². The van der Waals surface area contributed by atoms with Gasteiger partial charge in [-0.25, -0.2) is 8.42 Å². The third-order valence-corrected chi connectivity index (χ3v) is 6.72. The lowest BCUT2D eigenvalue weighted by atomic mass is 10.0. The van der Waals surface area contributed by atoms with Gasteiger partial charge < -0.3 is 15.4 Å². The number of carbonyl (C=O) groups is 2. The van der Waals surface area contributed by atoms with Gasteiger partial charge in [-0.15, -0.1) is 0 Å². The molecule has 1 atom stereocenters. The standard InChI is InChI=1S/C19H29N3O5S/c1-3-12-28(25,26)22-11-5-4-6-17(22)19(24)21-14-18(23)20-13-15-7-9-16(27-2)10-8-15/h7-10,17H,3-6,11-14H2,1-2H3,(H,20,23)(H,21,24). The fraction of sp³-hybridized carbons (Fsp3) is 0.579. The van der Waals surface area contributed by atoms with Gasteiger partial charge in [0.05, 0.1) is 19.4 Å². The molecule has 0 radical (unpaired) electrons. The molecule has 1 saturated heterocycles.